The highest BCUT2D eigenvalue weighted by Crippen LogP contribution is 2.46. The van der Waals surface area contributed by atoms with Crippen molar-refractivity contribution in [2.45, 2.75) is 52.6 Å². The molecular formula is C24H27ClN2O7. The highest BCUT2D eigenvalue weighted by atomic mass is 35.5. The van der Waals surface area contributed by atoms with Crippen LogP contribution in [-0.4, -0.2) is 35.9 Å². The molecule has 0 aromatic heterocycles. The number of nitrogens with zero attached hydrogens (tertiary/aromatic N) is 1. The number of ether oxygens (including phenoxy) is 2. The minimum atomic E-state index is -1.06. The van der Waals surface area contributed by atoms with Gasteiger partial charge in [0.1, 0.15) is 10.9 Å². The number of halogens is 1. The fourth-order valence-corrected chi connectivity index (χ4v) is 4.65. The summed E-state index contributed by atoms with van der Waals surface area (Å²) in [5.41, 5.74) is 1.37. The molecule has 1 aromatic rings. The number of dihydropyridines is 1. The minimum Gasteiger partial charge on any atom is -0.468 e. The lowest BCUT2D eigenvalue weighted by Crippen LogP contribution is -2.43. The molecule has 1 aromatic carbocycles. The van der Waals surface area contributed by atoms with Crippen LogP contribution >= 0.6 is 11.6 Å². The highest BCUT2D eigenvalue weighted by Gasteiger charge is 2.47. The van der Waals surface area contributed by atoms with E-state index in [-0.39, 0.29) is 33.9 Å². The van der Waals surface area contributed by atoms with Crippen LogP contribution in [0.5, 0.6) is 0 Å². The zero-order valence-corrected chi connectivity index (χ0v) is 20.4. The van der Waals surface area contributed by atoms with E-state index in [1.807, 2.05) is 6.92 Å². The molecule has 3 rings (SSSR count). The number of carbonyl (C=O) groups excluding carboxylic acids is 3. The number of benzene rings is 1. The molecule has 0 radical (unpaired) electrons. The second kappa shape index (κ2) is 9.97. The quantitative estimate of drug-likeness (QED) is 0.272. The number of rotatable bonds is 6. The van der Waals surface area contributed by atoms with Crippen LogP contribution in [-0.2, 0) is 23.9 Å². The van der Waals surface area contributed by atoms with Gasteiger partial charge in [-0.1, -0.05) is 31.5 Å². The number of methoxy groups -OCH3 is 1. The van der Waals surface area contributed by atoms with Gasteiger partial charge in [0.15, 0.2) is 5.78 Å². The summed E-state index contributed by atoms with van der Waals surface area (Å²) >= 11 is 6.02. The van der Waals surface area contributed by atoms with Gasteiger partial charge < -0.3 is 14.8 Å². The van der Waals surface area contributed by atoms with E-state index >= 15 is 0 Å². The molecule has 0 saturated carbocycles. The van der Waals surface area contributed by atoms with Crippen LogP contribution in [0.1, 0.15) is 52.0 Å². The third kappa shape index (κ3) is 4.57. The van der Waals surface area contributed by atoms with Gasteiger partial charge in [-0.15, -0.1) is 0 Å². The Bertz CT molecular complexity index is 1120. The third-order valence-electron chi connectivity index (χ3n) is 6.35. The molecule has 4 atom stereocenters. The summed E-state index contributed by atoms with van der Waals surface area (Å²) in [5, 5.41) is 14.6. The summed E-state index contributed by atoms with van der Waals surface area (Å²) in [4.78, 5) is 50.3. The predicted octanol–water partition coefficient (Wildman–Crippen LogP) is 4.20. The zero-order chi connectivity index (χ0) is 25.3. The molecule has 9 nitrogen and oxygen atoms in total. The second-order valence-corrected chi connectivity index (χ2v) is 9.03. The largest absolute Gasteiger partial charge is 0.468 e. The minimum absolute atomic E-state index is 0.0719. The molecule has 0 fully saturated rings. The monoisotopic (exact) mass is 490 g/mol. The van der Waals surface area contributed by atoms with E-state index < -0.39 is 34.5 Å². The van der Waals surface area contributed by atoms with Crippen molar-refractivity contribution in [2.24, 2.45) is 11.8 Å². The Morgan fingerprint density at radius 3 is 2.62 bits per heavy atom. The standard InChI is InChI=1S/C24H27ClN2O7/c1-6-12(3)34-24(30)19-13(4)26-16-9-11(2)18(23(29)33-5)22(28)21(16)20(19)14-7-8-15(25)17(10-14)27(31)32/h7-8,10-12,18,20,26H,6,9H2,1-5H3/t11-,12+,18-,20-/m0/s1. The second-order valence-electron chi connectivity index (χ2n) is 8.63. The predicted molar refractivity (Wildman–Crippen MR) is 124 cm³/mol. The average Bonchev–Trinajstić information content (AvgIpc) is 2.77. The van der Waals surface area contributed by atoms with Crippen LogP contribution in [0.3, 0.4) is 0 Å². The van der Waals surface area contributed by atoms with Crippen LogP contribution in [0.4, 0.5) is 5.69 Å². The molecule has 0 spiro atoms. The molecule has 182 valence electrons. The first-order valence-corrected chi connectivity index (χ1v) is 11.4. The Morgan fingerprint density at radius 1 is 1.35 bits per heavy atom. The van der Waals surface area contributed by atoms with Gasteiger partial charge in [0.2, 0.25) is 0 Å². The number of nitro groups is 1. The van der Waals surface area contributed by atoms with E-state index in [0.717, 1.165) is 0 Å². The normalized spacial score (nSPS) is 23.1. The van der Waals surface area contributed by atoms with Gasteiger partial charge in [-0.25, -0.2) is 4.79 Å². The van der Waals surface area contributed by atoms with Crippen LogP contribution in [0, 0.1) is 22.0 Å². The van der Waals surface area contributed by atoms with Gasteiger partial charge in [0, 0.05) is 29.0 Å². The SMILES string of the molecule is CC[C@@H](C)OC(=O)C1=C(C)NC2=C(C(=O)[C@@H](C(=O)OC)[C@@H](C)C2)[C@H]1c1ccc(Cl)c([N+](=O)[O-])c1. The molecule has 10 heteroatoms. The van der Waals surface area contributed by atoms with Crippen molar-refractivity contribution in [1.29, 1.82) is 0 Å². The molecule has 0 amide bonds. The Balaban J connectivity index is 2.23. The smallest absolute Gasteiger partial charge is 0.337 e. The van der Waals surface area contributed by atoms with Crippen molar-refractivity contribution in [1.82, 2.24) is 5.32 Å². The van der Waals surface area contributed by atoms with E-state index in [1.165, 1.54) is 25.3 Å². The van der Waals surface area contributed by atoms with E-state index in [0.29, 0.717) is 29.8 Å². The maximum absolute atomic E-state index is 13.7. The van der Waals surface area contributed by atoms with E-state index in [2.05, 4.69) is 5.32 Å². The van der Waals surface area contributed by atoms with Gasteiger partial charge in [-0.3, -0.25) is 19.7 Å². The van der Waals surface area contributed by atoms with Gasteiger partial charge in [0.05, 0.1) is 23.7 Å². The lowest BCUT2D eigenvalue weighted by molar-refractivity contribution is -0.384. The Labute approximate surface area is 202 Å². The molecule has 1 N–H and O–H groups in total. The summed E-state index contributed by atoms with van der Waals surface area (Å²) in [7, 11) is 1.21. The Morgan fingerprint density at radius 2 is 2.03 bits per heavy atom. The van der Waals surface area contributed by atoms with Crippen LogP contribution in [0.15, 0.2) is 40.7 Å². The number of hydrogen-bond acceptors (Lipinski definition) is 8. The number of allylic oxidation sites excluding steroid dienone is 3. The average molecular weight is 491 g/mol. The number of nitrogens with one attached hydrogen (secondary N) is 1. The Hall–Kier alpha value is -3.20. The fraction of sp³-hybridized carbons (Fsp3) is 0.458. The molecule has 34 heavy (non-hydrogen) atoms. The number of Topliss-reactive ketones (excluding diaryl/α,β-unsaturated/α-hetero) is 1. The summed E-state index contributed by atoms with van der Waals surface area (Å²) < 4.78 is 10.4. The molecule has 1 aliphatic carbocycles. The third-order valence-corrected chi connectivity index (χ3v) is 6.67. The Kier molecular flexibility index (Phi) is 7.45. The lowest BCUT2D eigenvalue weighted by Gasteiger charge is -2.38. The van der Waals surface area contributed by atoms with E-state index in [1.54, 1.807) is 20.8 Å². The summed E-state index contributed by atoms with van der Waals surface area (Å²) in [6.45, 7) is 7.08. The zero-order valence-electron chi connectivity index (χ0n) is 19.6. The highest BCUT2D eigenvalue weighted by molar-refractivity contribution is 6.32. The molecule has 2 aliphatic rings. The summed E-state index contributed by atoms with van der Waals surface area (Å²) in [6.07, 6.45) is 0.559. The number of hydrogen-bond donors (Lipinski definition) is 1. The number of nitro benzene ring substituents is 1. The van der Waals surface area contributed by atoms with Crippen molar-refractivity contribution in [3.63, 3.8) is 0 Å². The maximum Gasteiger partial charge on any atom is 0.337 e. The first-order valence-electron chi connectivity index (χ1n) is 11.0. The topological polar surface area (TPSA) is 125 Å². The molecule has 1 heterocycles. The van der Waals surface area contributed by atoms with Crippen LogP contribution < -0.4 is 5.32 Å². The number of carbonyl (C=O) groups is 3. The van der Waals surface area contributed by atoms with Crippen molar-refractivity contribution in [3.05, 3.63) is 61.4 Å². The molecule has 0 unspecified atom stereocenters. The van der Waals surface area contributed by atoms with Gasteiger partial charge >= 0.3 is 11.9 Å². The van der Waals surface area contributed by atoms with Gasteiger partial charge in [0.25, 0.3) is 5.69 Å². The fourth-order valence-electron chi connectivity index (χ4n) is 4.46. The van der Waals surface area contributed by atoms with Gasteiger partial charge in [-0.2, -0.15) is 0 Å². The van der Waals surface area contributed by atoms with Crippen LogP contribution in [0.2, 0.25) is 5.02 Å². The maximum atomic E-state index is 13.7. The molecule has 0 bridgehead atoms. The van der Waals surface area contributed by atoms with Crippen molar-refractivity contribution < 1.29 is 28.8 Å². The molecule has 1 aliphatic heterocycles. The number of ketones is 1. The molecule has 0 saturated heterocycles. The number of esters is 2. The lowest BCUT2D eigenvalue weighted by atomic mass is 9.69. The van der Waals surface area contributed by atoms with Crippen molar-refractivity contribution >= 4 is 35.0 Å². The first-order chi connectivity index (χ1) is 16.0. The van der Waals surface area contributed by atoms with Crippen molar-refractivity contribution in [3.8, 4) is 0 Å². The first kappa shape index (κ1) is 25.4. The summed E-state index contributed by atoms with van der Waals surface area (Å²) in [5.74, 6) is -4.17. The molecular weight excluding hydrogens is 464 g/mol. The van der Waals surface area contributed by atoms with Gasteiger partial charge in [-0.05, 0) is 44.2 Å². The van der Waals surface area contributed by atoms with Crippen molar-refractivity contribution in [2.75, 3.05) is 7.11 Å². The summed E-state index contributed by atoms with van der Waals surface area (Å²) in [6, 6.07) is 4.15. The van der Waals surface area contributed by atoms with E-state index in [9.17, 15) is 24.5 Å². The van der Waals surface area contributed by atoms with Crippen LogP contribution in [0.25, 0.3) is 0 Å². The van der Waals surface area contributed by atoms with E-state index in [4.69, 9.17) is 21.1 Å².